The Labute approximate surface area is 177 Å². The molecule has 4 aromatic rings. The molecule has 0 fully saturated rings. The summed E-state index contributed by atoms with van der Waals surface area (Å²) < 4.78 is 38.6. The van der Waals surface area contributed by atoms with Gasteiger partial charge >= 0.3 is 12.2 Å². The molecule has 0 aliphatic rings. The molecule has 0 spiro atoms. The zero-order valence-corrected chi connectivity index (χ0v) is 16.5. The minimum atomic E-state index is -4.48. The summed E-state index contributed by atoms with van der Waals surface area (Å²) in [6.07, 6.45) is -1.02. The number of fused-ring (bicyclic) bond motifs is 1. The van der Waals surface area contributed by atoms with Crippen LogP contribution >= 0.6 is 11.3 Å². The number of aromatic nitrogens is 4. The first kappa shape index (κ1) is 20.8. The van der Waals surface area contributed by atoms with E-state index in [9.17, 15) is 18.0 Å². The van der Waals surface area contributed by atoms with Crippen LogP contribution in [0.25, 0.3) is 27.5 Å². The van der Waals surface area contributed by atoms with Crippen molar-refractivity contribution in [1.82, 2.24) is 24.9 Å². The normalized spacial score (nSPS) is 11.6. The van der Waals surface area contributed by atoms with E-state index >= 15 is 0 Å². The Bertz CT molecular complexity index is 1240. The van der Waals surface area contributed by atoms with Crippen LogP contribution in [0.1, 0.15) is 5.01 Å². The van der Waals surface area contributed by atoms with Gasteiger partial charge in [0.1, 0.15) is 22.2 Å². The van der Waals surface area contributed by atoms with E-state index in [0.29, 0.717) is 26.9 Å². The van der Waals surface area contributed by atoms with Crippen molar-refractivity contribution in [1.29, 1.82) is 0 Å². The van der Waals surface area contributed by atoms with Gasteiger partial charge in [-0.05, 0) is 24.3 Å². The van der Waals surface area contributed by atoms with Crippen molar-refractivity contribution in [3.05, 3.63) is 53.8 Å². The molecular formula is C19H15F3N6O2S. The first-order valence-electron chi connectivity index (χ1n) is 8.95. The second kappa shape index (κ2) is 8.32. The number of pyridine rings is 1. The molecule has 0 aliphatic heterocycles. The van der Waals surface area contributed by atoms with Gasteiger partial charge < -0.3 is 15.7 Å². The fourth-order valence-electron chi connectivity index (χ4n) is 2.87. The zero-order chi connectivity index (χ0) is 22.0. The Morgan fingerprint density at radius 2 is 2.00 bits per heavy atom. The fourth-order valence-corrected chi connectivity index (χ4v) is 3.57. The number of halogens is 3. The number of nitrogens with zero attached hydrogens (tertiary/aromatic N) is 4. The molecule has 0 unspecified atom stereocenters. The highest BCUT2D eigenvalue weighted by Gasteiger charge is 2.27. The number of hydrogen-bond acceptors (Lipinski definition) is 6. The van der Waals surface area contributed by atoms with Gasteiger partial charge in [0.25, 0.3) is 0 Å². The van der Waals surface area contributed by atoms with Crippen molar-refractivity contribution in [2.24, 2.45) is 0 Å². The monoisotopic (exact) mass is 448 g/mol. The van der Waals surface area contributed by atoms with Gasteiger partial charge in [-0.25, -0.2) is 9.78 Å². The summed E-state index contributed by atoms with van der Waals surface area (Å²) in [5, 5.41) is 22.4. The van der Waals surface area contributed by atoms with E-state index in [0.717, 1.165) is 11.3 Å². The van der Waals surface area contributed by atoms with Gasteiger partial charge in [-0.2, -0.15) is 13.2 Å². The topological polar surface area (TPSA) is 104 Å². The van der Waals surface area contributed by atoms with Crippen LogP contribution in [0.3, 0.4) is 0 Å². The highest BCUT2D eigenvalue weighted by molar-refractivity contribution is 7.14. The predicted molar refractivity (Wildman–Crippen MR) is 109 cm³/mol. The van der Waals surface area contributed by atoms with Crippen molar-refractivity contribution in [2.75, 3.05) is 11.9 Å². The van der Waals surface area contributed by atoms with Crippen LogP contribution in [-0.4, -0.2) is 43.4 Å². The molecule has 0 saturated carbocycles. The molecule has 12 heteroatoms. The minimum absolute atomic E-state index is 0.175. The summed E-state index contributed by atoms with van der Waals surface area (Å²) in [6.45, 7) is -1.59. The fraction of sp³-hybridized carbons (Fsp3) is 0.158. The van der Waals surface area contributed by atoms with E-state index in [1.165, 1.54) is 11.3 Å². The summed E-state index contributed by atoms with van der Waals surface area (Å²) >= 11 is 1.28. The number of alkyl halides is 3. The molecule has 4 rings (SSSR count). The Morgan fingerprint density at radius 1 is 1.16 bits per heavy atom. The lowest BCUT2D eigenvalue weighted by Crippen LogP contribution is -2.36. The molecule has 3 N–H and O–H groups in total. The number of urea groups is 1. The Kier molecular flexibility index (Phi) is 5.57. The van der Waals surface area contributed by atoms with E-state index in [2.05, 4.69) is 20.5 Å². The molecule has 0 aliphatic carbocycles. The lowest BCUT2D eigenvalue weighted by atomic mass is 10.1. The molecule has 31 heavy (non-hydrogen) atoms. The summed E-state index contributed by atoms with van der Waals surface area (Å²) in [4.78, 5) is 16.1. The Hall–Kier alpha value is -3.51. The Balaban J connectivity index is 1.56. The molecule has 0 radical (unpaired) electrons. The molecule has 0 bridgehead atoms. The molecule has 3 heterocycles. The van der Waals surface area contributed by atoms with E-state index in [1.807, 2.05) is 22.7 Å². The third kappa shape index (κ3) is 4.81. The molecule has 0 atom stereocenters. The lowest BCUT2D eigenvalue weighted by Gasteiger charge is -2.10. The second-order valence-electron chi connectivity index (χ2n) is 6.45. The number of anilines is 1. The Morgan fingerprint density at radius 3 is 2.74 bits per heavy atom. The van der Waals surface area contributed by atoms with Gasteiger partial charge in [-0.1, -0.05) is 23.5 Å². The highest BCUT2D eigenvalue weighted by Crippen LogP contribution is 2.28. The average Bonchev–Trinajstić information content (AvgIpc) is 3.38. The van der Waals surface area contributed by atoms with E-state index < -0.39 is 18.8 Å². The number of hydrogen-bond donors (Lipinski definition) is 3. The lowest BCUT2D eigenvalue weighted by molar-refractivity contribution is -0.122. The maximum atomic E-state index is 12.2. The van der Waals surface area contributed by atoms with Crippen LogP contribution in [0.15, 0.2) is 48.8 Å². The summed E-state index contributed by atoms with van der Waals surface area (Å²) in [5.74, 6) is 0. The summed E-state index contributed by atoms with van der Waals surface area (Å²) in [5.41, 5.74) is 3.24. The van der Waals surface area contributed by atoms with Crippen LogP contribution < -0.4 is 10.6 Å². The van der Waals surface area contributed by atoms with Gasteiger partial charge in [0, 0.05) is 23.0 Å². The van der Waals surface area contributed by atoms with Crippen LogP contribution in [0.5, 0.6) is 0 Å². The zero-order valence-electron chi connectivity index (χ0n) is 15.7. The number of nitrogens with one attached hydrogen (secondary N) is 2. The SMILES string of the molecule is O=C(NCC(F)(F)F)Nc1cccc(-c2cnc3cc(-c4nnc(CO)s4)ccn23)c1. The number of carbonyl (C=O) groups excluding carboxylic acids is 1. The predicted octanol–water partition coefficient (Wildman–Crippen LogP) is 3.70. The van der Waals surface area contributed by atoms with Crippen LogP contribution in [0, 0.1) is 0 Å². The molecule has 8 nitrogen and oxygen atoms in total. The number of aliphatic hydroxyl groups is 1. The number of imidazole rings is 1. The molecule has 160 valence electrons. The first-order valence-corrected chi connectivity index (χ1v) is 9.77. The van der Waals surface area contributed by atoms with Gasteiger partial charge in [0.05, 0.1) is 18.5 Å². The smallest absolute Gasteiger partial charge is 0.389 e. The quantitative estimate of drug-likeness (QED) is 0.432. The van der Waals surface area contributed by atoms with Crippen molar-refractivity contribution < 1.29 is 23.1 Å². The van der Waals surface area contributed by atoms with Crippen molar-refractivity contribution in [3.63, 3.8) is 0 Å². The van der Waals surface area contributed by atoms with Crippen LogP contribution in [-0.2, 0) is 6.61 Å². The van der Waals surface area contributed by atoms with Crippen LogP contribution in [0.2, 0.25) is 0 Å². The second-order valence-corrected chi connectivity index (χ2v) is 7.51. The highest BCUT2D eigenvalue weighted by atomic mass is 32.1. The van der Waals surface area contributed by atoms with Gasteiger partial charge in [0.2, 0.25) is 0 Å². The van der Waals surface area contributed by atoms with Gasteiger partial charge in [0.15, 0.2) is 0 Å². The first-order chi connectivity index (χ1) is 14.8. The maximum Gasteiger partial charge on any atom is 0.405 e. The van der Waals surface area contributed by atoms with Gasteiger partial charge in [-0.3, -0.25) is 4.40 Å². The minimum Gasteiger partial charge on any atom is -0.389 e. The third-order valence-electron chi connectivity index (χ3n) is 4.23. The molecule has 1 aromatic carbocycles. The molecule has 0 saturated heterocycles. The molecular weight excluding hydrogens is 433 g/mol. The van der Waals surface area contributed by atoms with Crippen molar-refractivity contribution >= 4 is 28.7 Å². The number of amides is 2. The number of benzene rings is 1. The number of aliphatic hydroxyl groups excluding tert-OH is 1. The number of rotatable bonds is 5. The maximum absolute atomic E-state index is 12.2. The average molecular weight is 448 g/mol. The van der Waals surface area contributed by atoms with Crippen molar-refractivity contribution in [3.8, 4) is 21.8 Å². The third-order valence-corrected chi connectivity index (χ3v) is 5.18. The van der Waals surface area contributed by atoms with E-state index in [4.69, 9.17) is 5.11 Å². The molecule has 3 aromatic heterocycles. The largest absolute Gasteiger partial charge is 0.405 e. The summed E-state index contributed by atoms with van der Waals surface area (Å²) in [6, 6.07) is 9.42. The van der Waals surface area contributed by atoms with E-state index in [-0.39, 0.29) is 6.61 Å². The van der Waals surface area contributed by atoms with E-state index in [1.54, 1.807) is 35.8 Å². The molecule has 2 amide bonds. The summed E-state index contributed by atoms with van der Waals surface area (Å²) in [7, 11) is 0. The number of carbonyl (C=O) groups is 1. The van der Waals surface area contributed by atoms with Gasteiger partial charge in [-0.15, -0.1) is 10.2 Å². The standard InChI is InChI=1S/C19H15F3N6O2S/c20-19(21,22)10-24-18(30)25-13-3-1-2-11(6-13)14-8-23-15-7-12(4-5-28(14)15)17-27-26-16(9-29)31-17/h1-8,29H,9-10H2,(H2,24,25,30). The van der Waals surface area contributed by atoms with Crippen molar-refractivity contribution in [2.45, 2.75) is 12.8 Å². The van der Waals surface area contributed by atoms with Crippen LogP contribution in [0.4, 0.5) is 23.7 Å².